The van der Waals surface area contributed by atoms with Crippen molar-refractivity contribution in [1.29, 1.82) is 0 Å². The van der Waals surface area contributed by atoms with E-state index in [1.54, 1.807) is 11.3 Å². The predicted octanol–water partition coefficient (Wildman–Crippen LogP) is 3.77. The lowest BCUT2D eigenvalue weighted by Crippen LogP contribution is -2.43. The Morgan fingerprint density at radius 3 is 2.82 bits per heavy atom. The Bertz CT molecular complexity index is 410. The zero-order valence-electron chi connectivity index (χ0n) is 11.0. The van der Waals surface area contributed by atoms with Crippen LogP contribution in [0.2, 0.25) is 0 Å². The molecule has 1 atom stereocenters. The van der Waals surface area contributed by atoms with Gasteiger partial charge >= 0.3 is 0 Å². The van der Waals surface area contributed by atoms with Crippen molar-refractivity contribution >= 4 is 17.2 Å². The third kappa shape index (κ3) is 2.54. The average Bonchev–Trinajstić information content (AvgIpc) is 2.67. The maximum absolute atomic E-state index is 12.5. The van der Waals surface area contributed by atoms with Gasteiger partial charge in [0.1, 0.15) is 0 Å². The molecule has 0 aromatic carbocycles. The molecular weight excluding hydrogens is 230 g/mol. The first-order valence-electron chi connectivity index (χ1n) is 6.51. The maximum Gasteiger partial charge on any atom is 0.255 e. The van der Waals surface area contributed by atoms with Crippen molar-refractivity contribution < 1.29 is 4.79 Å². The van der Waals surface area contributed by atoms with E-state index in [0.29, 0.717) is 6.04 Å². The molecule has 0 N–H and O–H groups in total. The lowest BCUT2D eigenvalue weighted by Gasteiger charge is -2.35. The van der Waals surface area contributed by atoms with E-state index in [4.69, 9.17) is 0 Å². The highest BCUT2D eigenvalue weighted by Gasteiger charge is 2.27. The Morgan fingerprint density at radius 1 is 1.47 bits per heavy atom. The van der Waals surface area contributed by atoms with Gasteiger partial charge in [-0.15, -0.1) is 11.3 Å². The van der Waals surface area contributed by atoms with Crippen LogP contribution in [0.3, 0.4) is 0 Å². The molecule has 17 heavy (non-hydrogen) atoms. The van der Waals surface area contributed by atoms with Crippen LogP contribution in [0.15, 0.2) is 6.07 Å². The minimum absolute atomic E-state index is 0.249. The molecular formula is C14H21NOS. The highest BCUT2D eigenvalue weighted by atomic mass is 32.1. The van der Waals surface area contributed by atoms with Gasteiger partial charge in [-0.05, 0) is 45.6 Å². The van der Waals surface area contributed by atoms with Crippen LogP contribution in [0.1, 0.15) is 52.7 Å². The standard InChI is InChI=1S/C14H21NOS/c1-4-12-7-5-6-8-15(12)14(16)13-9-10(2)17-11(13)3/h9,12H,4-8H2,1-3H3. The molecule has 2 nitrogen and oxygen atoms in total. The SMILES string of the molecule is CCC1CCCCN1C(=O)c1cc(C)sc1C. The molecule has 0 aliphatic carbocycles. The minimum Gasteiger partial charge on any atom is -0.336 e. The highest BCUT2D eigenvalue weighted by Crippen LogP contribution is 2.26. The Morgan fingerprint density at radius 2 is 2.24 bits per heavy atom. The van der Waals surface area contributed by atoms with Crippen LogP contribution < -0.4 is 0 Å². The van der Waals surface area contributed by atoms with Crippen molar-refractivity contribution in [3.05, 3.63) is 21.4 Å². The summed E-state index contributed by atoms with van der Waals surface area (Å²) in [5.74, 6) is 0.249. The summed E-state index contributed by atoms with van der Waals surface area (Å²) in [5.41, 5.74) is 0.924. The Labute approximate surface area is 108 Å². The molecule has 1 unspecified atom stereocenters. The second-order valence-electron chi connectivity index (χ2n) is 4.88. The van der Waals surface area contributed by atoms with Crippen LogP contribution in [0.5, 0.6) is 0 Å². The molecule has 1 aliphatic rings. The van der Waals surface area contributed by atoms with Gasteiger partial charge in [-0.25, -0.2) is 0 Å². The van der Waals surface area contributed by atoms with Gasteiger partial charge in [-0.2, -0.15) is 0 Å². The van der Waals surface area contributed by atoms with Crippen molar-refractivity contribution in [2.75, 3.05) is 6.54 Å². The average molecular weight is 251 g/mol. The first-order chi connectivity index (χ1) is 8.13. The smallest absolute Gasteiger partial charge is 0.255 e. The molecule has 1 aliphatic heterocycles. The van der Waals surface area contributed by atoms with E-state index in [9.17, 15) is 4.79 Å². The number of hydrogen-bond acceptors (Lipinski definition) is 2. The molecule has 3 heteroatoms. The van der Waals surface area contributed by atoms with E-state index in [2.05, 4.69) is 25.7 Å². The van der Waals surface area contributed by atoms with Crippen molar-refractivity contribution in [2.45, 2.75) is 52.5 Å². The summed E-state index contributed by atoms with van der Waals surface area (Å²) in [4.78, 5) is 17.0. The first kappa shape index (κ1) is 12.6. The summed E-state index contributed by atoms with van der Waals surface area (Å²) < 4.78 is 0. The van der Waals surface area contributed by atoms with E-state index in [0.717, 1.165) is 29.8 Å². The number of aryl methyl sites for hydroxylation is 2. The van der Waals surface area contributed by atoms with Crippen molar-refractivity contribution in [3.8, 4) is 0 Å². The summed E-state index contributed by atoms with van der Waals surface area (Å²) in [6, 6.07) is 2.50. The van der Waals surface area contributed by atoms with Crippen LogP contribution in [0.25, 0.3) is 0 Å². The third-order valence-electron chi connectivity index (χ3n) is 3.63. The number of likely N-dealkylation sites (tertiary alicyclic amines) is 1. The van der Waals surface area contributed by atoms with Crippen molar-refractivity contribution in [3.63, 3.8) is 0 Å². The van der Waals surface area contributed by atoms with Crippen LogP contribution in [-0.2, 0) is 0 Å². The molecule has 0 spiro atoms. The Hall–Kier alpha value is -0.830. The highest BCUT2D eigenvalue weighted by molar-refractivity contribution is 7.12. The predicted molar refractivity (Wildman–Crippen MR) is 72.8 cm³/mol. The minimum atomic E-state index is 0.249. The molecule has 94 valence electrons. The van der Waals surface area contributed by atoms with Gasteiger partial charge < -0.3 is 4.90 Å². The van der Waals surface area contributed by atoms with E-state index < -0.39 is 0 Å². The largest absolute Gasteiger partial charge is 0.336 e. The Balaban J connectivity index is 2.21. The van der Waals surface area contributed by atoms with Gasteiger partial charge in [-0.1, -0.05) is 6.92 Å². The van der Waals surface area contributed by atoms with Gasteiger partial charge in [0.2, 0.25) is 0 Å². The number of rotatable bonds is 2. The molecule has 0 bridgehead atoms. The Kier molecular flexibility index (Phi) is 3.87. The van der Waals surface area contributed by atoms with Crippen LogP contribution in [0.4, 0.5) is 0 Å². The monoisotopic (exact) mass is 251 g/mol. The molecule has 1 amide bonds. The fraction of sp³-hybridized carbons (Fsp3) is 0.643. The zero-order valence-corrected chi connectivity index (χ0v) is 11.8. The zero-order chi connectivity index (χ0) is 12.4. The number of carbonyl (C=O) groups excluding carboxylic acids is 1. The molecule has 1 saturated heterocycles. The fourth-order valence-electron chi connectivity index (χ4n) is 2.69. The number of carbonyl (C=O) groups is 1. The quantitative estimate of drug-likeness (QED) is 0.783. The normalized spacial score (nSPS) is 20.6. The second kappa shape index (κ2) is 5.21. The van der Waals surface area contributed by atoms with Crippen molar-refractivity contribution in [2.24, 2.45) is 0 Å². The van der Waals surface area contributed by atoms with Gasteiger partial charge in [-0.3, -0.25) is 4.79 Å². The number of nitrogens with zero attached hydrogens (tertiary/aromatic N) is 1. The summed E-state index contributed by atoms with van der Waals surface area (Å²) in [6.07, 6.45) is 4.67. The molecule has 1 fully saturated rings. The first-order valence-corrected chi connectivity index (χ1v) is 7.33. The molecule has 0 radical (unpaired) electrons. The summed E-state index contributed by atoms with van der Waals surface area (Å²) >= 11 is 1.72. The third-order valence-corrected chi connectivity index (χ3v) is 4.60. The van der Waals surface area contributed by atoms with Gasteiger partial charge in [0.15, 0.2) is 0 Å². The molecule has 2 heterocycles. The van der Waals surface area contributed by atoms with Crippen LogP contribution >= 0.6 is 11.3 Å². The maximum atomic E-state index is 12.5. The molecule has 2 rings (SSSR count). The van der Waals surface area contributed by atoms with E-state index in [-0.39, 0.29) is 5.91 Å². The number of thiophene rings is 1. The number of piperidine rings is 1. The molecule has 0 saturated carbocycles. The van der Waals surface area contributed by atoms with E-state index in [1.165, 1.54) is 17.7 Å². The summed E-state index contributed by atoms with van der Waals surface area (Å²) in [6.45, 7) is 7.24. The topological polar surface area (TPSA) is 20.3 Å². The summed E-state index contributed by atoms with van der Waals surface area (Å²) in [5, 5.41) is 0. The van der Waals surface area contributed by atoms with Gasteiger partial charge in [0.25, 0.3) is 5.91 Å². The lowest BCUT2D eigenvalue weighted by molar-refractivity contribution is 0.0608. The number of amides is 1. The molecule has 1 aromatic heterocycles. The fourth-order valence-corrected chi connectivity index (χ4v) is 3.61. The summed E-state index contributed by atoms with van der Waals surface area (Å²) in [7, 11) is 0. The van der Waals surface area contributed by atoms with Gasteiger partial charge in [0, 0.05) is 22.3 Å². The van der Waals surface area contributed by atoms with E-state index in [1.807, 2.05) is 6.07 Å². The van der Waals surface area contributed by atoms with Crippen LogP contribution in [0, 0.1) is 13.8 Å². The number of hydrogen-bond donors (Lipinski definition) is 0. The second-order valence-corrected chi connectivity index (χ2v) is 6.34. The molecule has 1 aromatic rings. The van der Waals surface area contributed by atoms with Crippen LogP contribution in [-0.4, -0.2) is 23.4 Å². The lowest BCUT2D eigenvalue weighted by atomic mass is 9.99. The van der Waals surface area contributed by atoms with E-state index >= 15 is 0 Å². The van der Waals surface area contributed by atoms with Gasteiger partial charge in [0.05, 0.1) is 5.56 Å². The van der Waals surface area contributed by atoms with Crippen molar-refractivity contribution in [1.82, 2.24) is 4.90 Å².